The third kappa shape index (κ3) is 4.07. The molecule has 1 N–H and O–H groups in total. The summed E-state index contributed by atoms with van der Waals surface area (Å²) in [6.45, 7) is 2.27. The summed E-state index contributed by atoms with van der Waals surface area (Å²) >= 11 is 1.68. The Morgan fingerprint density at radius 1 is 1.21 bits per heavy atom. The number of hydrogen-bond donors (Lipinski definition) is 1. The summed E-state index contributed by atoms with van der Waals surface area (Å²) in [5, 5.41) is 5.53. The van der Waals surface area contributed by atoms with Crippen molar-refractivity contribution in [3.63, 3.8) is 0 Å². The van der Waals surface area contributed by atoms with Crippen LogP contribution < -0.4 is 5.32 Å². The molecule has 0 spiro atoms. The van der Waals surface area contributed by atoms with E-state index in [1.54, 1.807) is 11.3 Å². The quantitative estimate of drug-likeness (QED) is 0.614. The first-order chi connectivity index (χ1) is 14.2. The van der Waals surface area contributed by atoms with Crippen molar-refractivity contribution in [2.45, 2.75) is 26.2 Å². The number of amides is 1. The molecule has 0 aliphatic heterocycles. The highest BCUT2D eigenvalue weighted by atomic mass is 32.1. The standard InChI is InChI=1S/C23H22N2O3S/c1-2-11-24-20(26)14-28-23(27)21-17-7-3-4-8-19(17)25-22-15(9-10-18(21)22)13-16-6-5-12-29-16/h3-8,12-13H,2,9-11,14H2,1H3,(H,24,26)/b15-13-. The molecule has 1 aliphatic carbocycles. The van der Waals surface area contributed by atoms with E-state index in [1.165, 1.54) is 4.88 Å². The zero-order chi connectivity index (χ0) is 20.2. The summed E-state index contributed by atoms with van der Waals surface area (Å²) in [6, 6.07) is 11.7. The minimum atomic E-state index is -0.469. The van der Waals surface area contributed by atoms with E-state index in [0.717, 1.165) is 47.0 Å². The first kappa shape index (κ1) is 19.3. The number of carbonyl (C=O) groups is 2. The SMILES string of the molecule is CCCNC(=O)COC(=O)c1c2c(nc3ccccc13)/C(=C\c1cccs1)CC2. The summed E-state index contributed by atoms with van der Waals surface area (Å²) in [5.41, 5.74) is 4.18. The van der Waals surface area contributed by atoms with Crippen LogP contribution in [0.3, 0.4) is 0 Å². The minimum Gasteiger partial charge on any atom is -0.452 e. The maximum atomic E-state index is 13.0. The molecule has 0 saturated heterocycles. The number of thiophene rings is 1. The summed E-state index contributed by atoms with van der Waals surface area (Å²) in [7, 11) is 0. The lowest BCUT2D eigenvalue weighted by Gasteiger charge is -2.12. The van der Waals surface area contributed by atoms with Crippen LogP contribution in [0.25, 0.3) is 22.6 Å². The Morgan fingerprint density at radius 3 is 2.86 bits per heavy atom. The lowest BCUT2D eigenvalue weighted by atomic mass is 10.0. The zero-order valence-corrected chi connectivity index (χ0v) is 17.1. The van der Waals surface area contributed by atoms with Crippen molar-refractivity contribution >= 4 is 45.8 Å². The number of esters is 1. The number of rotatable bonds is 6. The molecular weight excluding hydrogens is 384 g/mol. The van der Waals surface area contributed by atoms with Crippen LogP contribution in [-0.2, 0) is 16.0 Å². The van der Waals surface area contributed by atoms with E-state index in [9.17, 15) is 9.59 Å². The smallest absolute Gasteiger partial charge is 0.339 e. The summed E-state index contributed by atoms with van der Waals surface area (Å²) < 4.78 is 5.37. The molecule has 1 aromatic carbocycles. The number of allylic oxidation sites excluding steroid dienone is 1. The van der Waals surface area contributed by atoms with Gasteiger partial charge in [0, 0.05) is 16.8 Å². The Kier molecular flexibility index (Phi) is 5.71. The maximum Gasteiger partial charge on any atom is 0.339 e. The van der Waals surface area contributed by atoms with Gasteiger partial charge in [0.05, 0.1) is 16.8 Å². The van der Waals surface area contributed by atoms with E-state index in [-0.39, 0.29) is 12.5 Å². The van der Waals surface area contributed by atoms with Gasteiger partial charge in [-0.05, 0) is 54.0 Å². The van der Waals surface area contributed by atoms with Crippen molar-refractivity contribution in [2.24, 2.45) is 0 Å². The number of carbonyl (C=O) groups excluding carboxylic acids is 2. The summed E-state index contributed by atoms with van der Waals surface area (Å²) in [4.78, 5) is 30.8. The van der Waals surface area contributed by atoms with E-state index in [2.05, 4.69) is 17.5 Å². The second-order valence-corrected chi connectivity index (χ2v) is 7.92. The molecule has 1 amide bonds. The van der Waals surface area contributed by atoms with E-state index in [0.29, 0.717) is 12.1 Å². The minimum absolute atomic E-state index is 0.276. The van der Waals surface area contributed by atoms with Crippen molar-refractivity contribution < 1.29 is 14.3 Å². The summed E-state index contributed by atoms with van der Waals surface area (Å²) in [6.07, 6.45) is 4.54. The third-order valence-corrected chi connectivity index (χ3v) is 5.73. The number of benzene rings is 1. The molecular formula is C23H22N2O3S. The topological polar surface area (TPSA) is 68.3 Å². The van der Waals surface area contributed by atoms with Gasteiger partial charge >= 0.3 is 5.97 Å². The molecule has 0 bridgehead atoms. The molecule has 0 atom stereocenters. The molecule has 6 heteroatoms. The molecule has 0 saturated carbocycles. The largest absolute Gasteiger partial charge is 0.452 e. The molecule has 148 valence electrons. The fourth-order valence-corrected chi connectivity index (χ4v) is 4.26. The van der Waals surface area contributed by atoms with Crippen LogP contribution in [0.1, 0.15) is 46.3 Å². The highest BCUT2D eigenvalue weighted by Crippen LogP contribution is 2.38. The third-order valence-electron chi connectivity index (χ3n) is 4.91. The molecule has 4 rings (SSSR count). The van der Waals surface area contributed by atoms with Crippen LogP contribution in [0.15, 0.2) is 41.8 Å². The number of hydrogen-bond acceptors (Lipinski definition) is 5. The van der Waals surface area contributed by atoms with Gasteiger partial charge in [-0.3, -0.25) is 4.79 Å². The normalized spacial score (nSPS) is 14.2. The molecule has 5 nitrogen and oxygen atoms in total. The van der Waals surface area contributed by atoms with Gasteiger partial charge in [0.25, 0.3) is 5.91 Å². The Bertz CT molecular complexity index is 1090. The zero-order valence-electron chi connectivity index (χ0n) is 16.2. The molecule has 2 aromatic heterocycles. The van der Waals surface area contributed by atoms with Gasteiger partial charge in [-0.1, -0.05) is 31.2 Å². The van der Waals surface area contributed by atoms with Gasteiger partial charge in [-0.2, -0.15) is 0 Å². The molecule has 3 aromatic rings. The average molecular weight is 407 g/mol. The highest BCUT2D eigenvalue weighted by molar-refractivity contribution is 7.10. The van der Waals surface area contributed by atoms with Gasteiger partial charge in [0.15, 0.2) is 6.61 Å². The van der Waals surface area contributed by atoms with Gasteiger partial charge < -0.3 is 10.1 Å². The van der Waals surface area contributed by atoms with Crippen molar-refractivity contribution in [2.75, 3.05) is 13.2 Å². The van der Waals surface area contributed by atoms with E-state index in [4.69, 9.17) is 9.72 Å². The molecule has 1 aliphatic rings. The van der Waals surface area contributed by atoms with Crippen molar-refractivity contribution in [3.05, 3.63) is 63.5 Å². The van der Waals surface area contributed by atoms with E-state index < -0.39 is 5.97 Å². The van der Waals surface area contributed by atoms with Crippen LogP contribution in [0.4, 0.5) is 0 Å². The monoisotopic (exact) mass is 406 g/mol. The number of ether oxygens (including phenoxy) is 1. The predicted molar refractivity (Wildman–Crippen MR) is 116 cm³/mol. The number of fused-ring (bicyclic) bond motifs is 2. The first-order valence-corrected chi connectivity index (χ1v) is 10.6. The summed E-state index contributed by atoms with van der Waals surface area (Å²) in [5.74, 6) is -0.752. The Balaban J connectivity index is 1.70. The van der Waals surface area contributed by atoms with Crippen LogP contribution in [0.2, 0.25) is 0 Å². The number of para-hydroxylation sites is 1. The van der Waals surface area contributed by atoms with Gasteiger partial charge in [-0.25, -0.2) is 9.78 Å². The molecule has 0 unspecified atom stereocenters. The first-order valence-electron chi connectivity index (χ1n) is 9.77. The van der Waals surface area contributed by atoms with Crippen LogP contribution in [0.5, 0.6) is 0 Å². The van der Waals surface area contributed by atoms with Crippen molar-refractivity contribution in [3.8, 4) is 0 Å². The lowest BCUT2D eigenvalue weighted by Crippen LogP contribution is -2.29. The Morgan fingerprint density at radius 2 is 2.07 bits per heavy atom. The Hall–Kier alpha value is -2.99. The number of nitrogens with zero attached hydrogens (tertiary/aromatic N) is 1. The number of nitrogens with one attached hydrogen (secondary N) is 1. The fourth-order valence-electron chi connectivity index (χ4n) is 3.58. The van der Waals surface area contributed by atoms with Crippen LogP contribution >= 0.6 is 11.3 Å². The predicted octanol–water partition coefficient (Wildman–Crippen LogP) is 4.47. The molecule has 0 radical (unpaired) electrons. The number of pyridine rings is 1. The van der Waals surface area contributed by atoms with Gasteiger partial charge in [0.2, 0.25) is 0 Å². The molecule has 2 heterocycles. The van der Waals surface area contributed by atoms with Crippen molar-refractivity contribution in [1.29, 1.82) is 0 Å². The lowest BCUT2D eigenvalue weighted by molar-refractivity contribution is -0.124. The van der Waals surface area contributed by atoms with Crippen LogP contribution in [0, 0.1) is 0 Å². The fraction of sp³-hybridized carbons (Fsp3) is 0.261. The van der Waals surface area contributed by atoms with E-state index >= 15 is 0 Å². The molecule has 0 fully saturated rings. The maximum absolute atomic E-state index is 13.0. The van der Waals surface area contributed by atoms with Gasteiger partial charge in [-0.15, -0.1) is 11.3 Å². The Labute approximate surface area is 173 Å². The van der Waals surface area contributed by atoms with Crippen LogP contribution in [-0.4, -0.2) is 30.0 Å². The average Bonchev–Trinajstić information content (AvgIpc) is 3.39. The van der Waals surface area contributed by atoms with Gasteiger partial charge in [0.1, 0.15) is 0 Å². The highest BCUT2D eigenvalue weighted by Gasteiger charge is 2.27. The van der Waals surface area contributed by atoms with E-state index in [1.807, 2.05) is 42.6 Å². The second kappa shape index (κ2) is 8.57. The molecule has 29 heavy (non-hydrogen) atoms. The number of aromatic nitrogens is 1. The second-order valence-electron chi connectivity index (χ2n) is 6.94. The van der Waals surface area contributed by atoms with Crippen molar-refractivity contribution in [1.82, 2.24) is 10.3 Å².